The second kappa shape index (κ2) is 11.2. The van der Waals surface area contributed by atoms with Crippen LogP contribution in [-0.2, 0) is 4.74 Å². The molecule has 2 aliphatic heterocycles. The normalized spacial score (nSPS) is 22.2. The van der Waals surface area contributed by atoms with E-state index in [0.717, 1.165) is 25.5 Å². The second-order valence-electron chi connectivity index (χ2n) is 8.40. The molecule has 32 heavy (non-hydrogen) atoms. The van der Waals surface area contributed by atoms with Gasteiger partial charge >= 0.3 is 0 Å². The minimum Gasteiger partial charge on any atom is -0.382 e. The van der Waals surface area contributed by atoms with Crippen LogP contribution in [0.3, 0.4) is 0 Å². The zero-order valence-electron chi connectivity index (χ0n) is 18.5. The smallest absolute Gasteiger partial charge is 0.287 e. The standard InChI is InChI=1S/C23H31ClF2N4O2/c1-4-19(26)21(15(2)25)16(3)29-9-7-18(8-10-29)30-23(31)22(24)20(13-28-30)27-12-17-6-5-11-32-14-17/h4,13,16-18,27H,1-2,5-12,14H2,3H3/b21-19-. The minimum absolute atomic E-state index is 0.0874. The zero-order valence-corrected chi connectivity index (χ0v) is 19.2. The molecule has 2 atom stereocenters. The van der Waals surface area contributed by atoms with Crippen LogP contribution in [0.25, 0.3) is 0 Å². The fourth-order valence-corrected chi connectivity index (χ4v) is 4.62. The van der Waals surface area contributed by atoms with Crippen molar-refractivity contribution in [2.75, 3.05) is 38.2 Å². The number of nitrogens with zero attached hydrogens (tertiary/aromatic N) is 3. The van der Waals surface area contributed by atoms with Crippen LogP contribution >= 0.6 is 11.6 Å². The van der Waals surface area contributed by atoms with Crippen molar-refractivity contribution in [1.29, 1.82) is 0 Å². The monoisotopic (exact) mass is 468 g/mol. The highest BCUT2D eigenvalue weighted by Gasteiger charge is 2.29. The highest BCUT2D eigenvalue weighted by Crippen LogP contribution is 2.29. The van der Waals surface area contributed by atoms with E-state index >= 15 is 0 Å². The van der Waals surface area contributed by atoms with Crippen molar-refractivity contribution in [3.63, 3.8) is 0 Å². The van der Waals surface area contributed by atoms with E-state index in [1.165, 1.54) is 4.68 Å². The molecule has 0 saturated carbocycles. The number of piperidine rings is 1. The van der Waals surface area contributed by atoms with Gasteiger partial charge < -0.3 is 10.1 Å². The highest BCUT2D eigenvalue weighted by atomic mass is 35.5. The van der Waals surface area contributed by atoms with E-state index in [0.29, 0.717) is 50.7 Å². The van der Waals surface area contributed by atoms with E-state index in [-0.39, 0.29) is 22.2 Å². The summed E-state index contributed by atoms with van der Waals surface area (Å²) in [7, 11) is 0. The van der Waals surface area contributed by atoms with Crippen LogP contribution in [0.1, 0.15) is 38.6 Å². The van der Waals surface area contributed by atoms with Crippen LogP contribution in [0.4, 0.5) is 14.5 Å². The number of rotatable bonds is 8. The third-order valence-corrected chi connectivity index (χ3v) is 6.68. The first kappa shape index (κ1) is 24.6. The molecule has 0 amide bonds. The first-order valence-electron chi connectivity index (χ1n) is 11.0. The molecular formula is C23H31ClF2N4O2. The molecule has 2 fully saturated rings. The largest absolute Gasteiger partial charge is 0.382 e. The molecule has 2 aliphatic rings. The molecule has 0 aromatic carbocycles. The van der Waals surface area contributed by atoms with E-state index in [9.17, 15) is 13.6 Å². The van der Waals surface area contributed by atoms with Crippen LogP contribution in [0.15, 0.2) is 47.5 Å². The van der Waals surface area contributed by atoms with Gasteiger partial charge in [-0.15, -0.1) is 0 Å². The number of nitrogens with one attached hydrogen (secondary N) is 1. The number of hydrogen-bond acceptors (Lipinski definition) is 5. The van der Waals surface area contributed by atoms with Gasteiger partial charge in [-0.1, -0.05) is 24.8 Å². The summed E-state index contributed by atoms with van der Waals surface area (Å²) < 4.78 is 34.8. The number of aromatic nitrogens is 2. The van der Waals surface area contributed by atoms with Gasteiger partial charge in [0, 0.05) is 37.9 Å². The van der Waals surface area contributed by atoms with E-state index in [2.05, 4.69) is 23.6 Å². The van der Waals surface area contributed by atoms with Crippen molar-refractivity contribution < 1.29 is 13.5 Å². The number of allylic oxidation sites excluding steroid dienone is 2. The first-order valence-corrected chi connectivity index (χ1v) is 11.4. The van der Waals surface area contributed by atoms with Gasteiger partial charge in [-0.05, 0) is 44.6 Å². The Morgan fingerprint density at radius 3 is 2.72 bits per heavy atom. The highest BCUT2D eigenvalue weighted by molar-refractivity contribution is 6.32. The van der Waals surface area contributed by atoms with Crippen LogP contribution in [0, 0.1) is 5.92 Å². The summed E-state index contributed by atoms with van der Waals surface area (Å²) >= 11 is 6.36. The molecule has 1 aromatic heterocycles. The molecule has 0 spiro atoms. The Balaban J connectivity index is 1.64. The average Bonchev–Trinajstić information content (AvgIpc) is 2.80. The lowest BCUT2D eigenvalue weighted by atomic mass is 9.99. The molecule has 9 heteroatoms. The lowest BCUT2D eigenvalue weighted by molar-refractivity contribution is 0.0595. The van der Waals surface area contributed by atoms with Crippen LogP contribution < -0.4 is 10.9 Å². The van der Waals surface area contributed by atoms with Crippen molar-refractivity contribution >= 4 is 17.3 Å². The maximum absolute atomic E-state index is 14.1. The fraction of sp³-hybridized carbons (Fsp3) is 0.565. The Morgan fingerprint density at radius 1 is 1.41 bits per heavy atom. The average molecular weight is 469 g/mol. The van der Waals surface area contributed by atoms with Crippen molar-refractivity contribution in [2.45, 2.75) is 44.7 Å². The van der Waals surface area contributed by atoms with Crippen molar-refractivity contribution in [3.05, 3.63) is 58.0 Å². The SMILES string of the molecule is C=C/C(F)=C(\C(=C)F)C(C)N1CCC(n2ncc(NCC3CCCOC3)c(Cl)c2=O)CC1. The van der Waals surface area contributed by atoms with Gasteiger partial charge in [-0.2, -0.15) is 5.10 Å². The van der Waals surface area contributed by atoms with E-state index < -0.39 is 17.7 Å². The Morgan fingerprint density at radius 2 is 2.12 bits per heavy atom. The Labute approximate surface area is 192 Å². The fourth-order valence-electron chi connectivity index (χ4n) is 4.42. The van der Waals surface area contributed by atoms with E-state index in [4.69, 9.17) is 16.3 Å². The molecule has 2 unspecified atom stereocenters. The molecule has 1 aromatic rings. The van der Waals surface area contributed by atoms with Gasteiger partial charge in [-0.3, -0.25) is 9.69 Å². The lowest BCUT2D eigenvalue weighted by Gasteiger charge is -2.36. The number of halogens is 3. The maximum Gasteiger partial charge on any atom is 0.287 e. The van der Waals surface area contributed by atoms with E-state index in [1.54, 1.807) is 13.1 Å². The summed E-state index contributed by atoms with van der Waals surface area (Å²) in [6.07, 6.45) is 5.92. The maximum atomic E-state index is 14.1. The minimum atomic E-state index is -0.801. The second-order valence-corrected chi connectivity index (χ2v) is 8.78. The van der Waals surface area contributed by atoms with Gasteiger partial charge in [0.1, 0.15) is 16.7 Å². The van der Waals surface area contributed by atoms with Crippen molar-refractivity contribution in [1.82, 2.24) is 14.7 Å². The topological polar surface area (TPSA) is 59.4 Å². The summed E-state index contributed by atoms with van der Waals surface area (Å²) in [4.78, 5) is 14.8. The molecule has 176 valence electrons. The third kappa shape index (κ3) is 5.66. The quantitative estimate of drug-likeness (QED) is 0.562. The number of likely N-dealkylation sites (tertiary alicyclic amines) is 1. The third-order valence-electron chi connectivity index (χ3n) is 6.32. The molecule has 1 N–H and O–H groups in total. The number of anilines is 1. The van der Waals surface area contributed by atoms with Crippen LogP contribution in [0.5, 0.6) is 0 Å². The molecule has 0 aliphatic carbocycles. The van der Waals surface area contributed by atoms with Gasteiger partial charge in [0.25, 0.3) is 5.56 Å². The molecule has 2 saturated heterocycles. The number of ether oxygens (including phenoxy) is 1. The predicted molar refractivity (Wildman–Crippen MR) is 123 cm³/mol. The van der Waals surface area contributed by atoms with Gasteiger partial charge in [-0.25, -0.2) is 13.5 Å². The van der Waals surface area contributed by atoms with Crippen molar-refractivity contribution in [2.24, 2.45) is 5.92 Å². The van der Waals surface area contributed by atoms with Crippen molar-refractivity contribution in [3.8, 4) is 0 Å². The van der Waals surface area contributed by atoms with E-state index in [1.807, 2.05) is 4.90 Å². The summed E-state index contributed by atoms with van der Waals surface area (Å²) in [5.41, 5.74) is 0.106. The summed E-state index contributed by atoms with van der Waals surface area (Å²) in [5.74, 6) is -1.12. The molecule has 3 rings (SSSR count). The summed E-state index contributed by atoms with van der Waals surface area (Å²) in [6, 6.07) is -0.621. The van der Waals surface area contributed by atoms with Gasteiger partial charge in [0.2, 0.25) is 0 Å². The Kier molecular flexibility index (Phi) is 8.62. The summed E-state index contributed by atoms with van der Waals surface area (Å²) in [6.45, 7) is 11.7. The van der Waals surface area contributed by atoms with Gasteiger partial charge in [0.15, 0.2) is 0 Å². The predicted octanol–water partition coefficient (Wildman–Crippen LogP) is 4.65. The zero-order chi connectivity index (χ0) is 23.3. The molecular weight excluding hydrogens is 438 g/mol. The Bertz CT molecular complexity index is 919. The molecule has 3 heterocycles. The number of hydrogen-bond donors (Lipinski definition) is 1. The van der Waals surface area contributed by atoms with Crippen LogP contribution in [-0.4, -0.2) is 53.6 Å². The summed E-state index contributed by atoms with van der Waals surface area (Å²) in [5, 5.41) is 7.70. The van der Waals surface area contributed by atoms with Gasteiger partial charge in [0.05, 0.1) is 24.5 Å². The molecule has 6 nitrogen and oxygen atoms in total. The van der Waals surface area contributed by atoms with Crippen LogP contribution in [0.2, 0.25) is 5.02 Å². The lowest BCUT2D eigenvalue weighted by Crippen LogP contribution is -2.43. The molecule has 0 radical (unpaired) electrons. The Hall–Kier alpha value is -2.03. The molecule has 0 bridgehead atoms. The first-order chi connectivity index (χ1) is 15.3.